The molecule has 7 heteroatoms. The minimum absolute atomic E-state index is 0. The molecule has 1 radical (unpaired) electrons. The Balaban J connectivity index is 0.000000214. The van der Waals surface area contributed by atoms with Gasteiger partial charge in [0.05, 0.1) is 16.9 Å². The molecule has 9 aromatic rings. The molecule has 0 aliphatic rings. The van der Waals surface area contributed by atoms with Crippen LogP contribution in [0.5, 0.6) is 0 Å². The Morgan fingerprint density at radius 1 is 0.729 bits per heavy atom. The summed E-state index contributed by atoms with van der Waals surface area (Å²) < 4.78 is 9.95. The zero-order valence-corrected chi connectivity index (χ0v) is 39.9. The first-order valence-corrected chi connectivity index (χ1v) is 27.5. The van der Waals surface area contributed by atoms with E-state index < -0.39 is 13.3 Å². The molecule has 0 aliphatic heterocycles. The second-order valence-corrected chi connectivity index (χ2v) is 27.5. The van der Waals surface area contributed by atoms with Crippen molar-refractivity contribution in [2.75, 3.05) is 0 Å². The van der Waals surface area contributed by atoms with Gasteiger partial charge in [0.1, 0.15) is 11.3 Å². The Kier molecular flexibility index (Phi) is 12.3. The van der Waals surface area contributed by atoms with E-state index in [2.05, 4.69) is 178 Å². The predicted octanol–water partition coefficient (Wildman–Crippen LogP) is 13.0. The Bertz CT molecular complexity index is 2900. The summed E-state index contributed by atoms with van der Waals surface area (Å²) in [5, 5.41) is 2.09. The van der Waals surface area contributed by atoms with E-state index in [4.69, 9.17) is 14.4 Å². The fourth-order valence-electron chi connectivity index (χ4n) is 8.15. The van der Waals surface area contributed by atoms with Crippen LogP contribution in [0.2, 0.25) is 17.3 Å². The molecule has 0 bridgehead atoms. The van der Waals surface area contributed by atoms with Gasteiger partial charge in [-0.05, 0) is 96.9 Å². The number of aromatic nitrogens is 4. The molecule has 9 rings (SSSR count). The number of nitrogens with zero attached hydrogens (tertiary/aromatic N) is 4. The van der Waals surface area contributed by atoms with Crippen molar-refractivity contribution >= 4 is 50.8 Å². The summed E-state index contributed by atoms with van der Waals surface area (Å²) in [6.07, 6.45) is 6.52. The van der Waals surface area contributed by atoms with E-state index in [1.54, 1.807) is 4.40 Å². The molecule has 0 saturated heterocycles. The normalized spacial score (nSPS) is 11.6. The molecule has 0 spiro atoms. The van der Waals surface area contributed by atoms with Gasteiger partial charge in [0, 0.05) is 31.2 Å². The van der Waals surface area contributed by atoms with Gasteiger partial charge in [0.25, 0.3) is 0 Å². The summed E-state index contributed by atoms with van der Waals surface area (Å²) in [5.74, 6) is 8.81. The van der Waals surface area contributed by atoms with Gasteiger partial charge in [-0.1, -0.05) is 60.2 Å². The average molecular weight is 1010 g/mol. The fourth-order valence-corrected chi connectivity index (χ4v) is 11.5. The Labute approximate surface area is 364 Å². The van der Waals surface area contributed by atoms with E-state index in [0.29, 0.717) is 11.6 Å². The molecule has 0 fully saturated rings. The molecular weight excluding hydrogens is 961 g/mol. The second-order valence-electron chi connectivity index (χ2n) is 16.9. The molecular formula is C52H50GeIrN4O-2. The SMILES string of the molecule is CC(C)Cc1cc(-c2[c-]cccc2)nc[c]1[Ge]([CH3])([CH3])[CH3].Cc1cc(-c2ccccc2)cc(C)c1-n1c(-c2[c-]nc3oc4c(C)ccc(C)c4c3c2)nc2ccccc21.[Ir]. The molecule has 0 amide bonds. The minimum atomic E-state index is -1.86. The Hall–Kier alpha value is -5.14. The van der Waals surface area contributed by atoms with Crippen LogP contribution >= 0.6 is 0 Å². The number of para-hydroxylation sites is 2. The van der Waals surface area contributed by atoms with E-state index in [1.165, 1.54) is 33.4 Å². The summed E-state index contributed by atoms with van der Waals surface area (Å²) in [6.45, 7) is 13.1. The van der Waals surface area contributed by atoms with Crippen molar-refractivity contribution in [3.05, 3.63) is 162 Å². The van der Waals surface area contributed by atoms with Crippen LogP contribution in [-0.4, -0.2) is 32.8 Å². The van der Waals surface area contributed by atoms with Crippen LogP contribution in [0.25, 0.3) is 72.6 Å². The summed E-state index contributed by atoms with van der Waals surface area (Å²) in [6, 6.07) is 43.3. The summed E-state index contributed by atoms with van der Waals surface area (Å²) in [4.78, 5) is 14.4. The first-order chi connectivity index (χ1) is 27.9. The molecule has 0 atom stereocenters. The van der Waals surface area contributed by atoms with Crippen LogP contribution in [0.1, 0.15) is 41.7 Å². The second kappa shape index (κ2) is 17.2. The molecule has 0 unspecified atom stereocenters. The zero-order chi connectivity index (χ0) is 40.7. The topological polar surface area (TPSA) is 56.7 Å². The van der Waals surface area contributed by atoms with E-state index in [-0.39, 0.29) is 20.1 Å². The van der Waals surface area contributed by atoms with Crippen molar-refractivity contribution in [2.45, 2.75) is 65.2 Å². The summed E-state index contributed by atoms with van der Waals surface area (Å²) in [7, 11) is 0. The standard InChI is InChI=1S/C34H26N3O.C18H24GeN.Ir/c1-20-14-15-21(2)32-30(20)27-18-26(19-35-34(27)38-32)33-36-28-12-8-9-13-29(28)37(33)31-22(3)16-25(17-23(31)4)24-10-6-5-7-11-24;1-14(2)11-16-12-18(15-9-7-6-8-10-15)20-13-17(16)19(3,4)5;/h5-18H,1-4H3;6-9,12-14H,11H2,1-5H3;/q2*-1;. The van der Waals surface area contributed by atoms with Crippen molar-refractivity contribution in [1.82, 2.24) is 19.5 Å². The maximum Gasteiger partial charge on any atom is 0.141 e. The average Bonchev–Trinajstić information content (AvgIpc) is 3.79. The monoisotopic (exact) mass is 1010 g/mol. The number of fused-ring (bicyclic) bond motifs is 4. The molecule has 0 saturated carbocycles. The largest absolute Gasteiger partial charge is 0.482 e. The number of hydrogen-bond acceptors (Lipinski definition) is 4. The quantitative estimate of drug-likeness (QED) is 0.118. The third kappa shape index (κ3) is 8.50. The maximum atomic E-state index is 6.15. The first-order valence-electron chi connectivity index (χ1n) is 20.2. The van der Waals surface area contributed by atoms with Crippen LogP contribution in [0.15, 0.2) is 126 Å². The molecule has 0 N–H and O–H groups in total. The van der Waals surface area contributed by atoms with Gasteiger partial charge in [-0.15, -0.1) is 6.07 Å². The van der Waals surface area contributed by atoms with Crippen LogP contribution in [-0.2, 0) is 26.5 Å². The molecule has 59 heavy (non-hydrogen) atoms. The van der Waals surface area contributed by atoms with Crippen molar-refractivity contribution in [3.63, 3.8) is 0 Å². The van der Waals surface area contributed by atoms with Crippen LogP contribution in [0, 0.1) is 45.9 Å². The van der Waals surface area contributed by atoms with E-state index in [1.807, 2.05) is 24.3 Å². The zero-order valence-electron chi connectivity index (χ0n) is 35.4. The van der Waals surface area contributed by atoms with E-state index >= 15 is 0 Å². The molecule has 0 aliphatic carbocycles. The molecule has 5 nitrogen and oxygen atoms in total. The number of furan rings is 1. The van der Waals surface area contributed by atoms with Crippen LogP contribution in [0.3, 0.4) is 0 Å². The van der Waals surface area contributed by atoms with Gasteiger partial charge in [0.2, 0.25) is 0 Å². The molecule has 299 valence electrons. The van der Waals surface area contributed by atoms with Crippen molar-refractivity contribution < 1.29 is 24.5 Å². The third-order valence-corrected chi connectivity index (χ3v) is 15.2. The smallest absolute Gasteiger partial charge is 0.141 e. The number of imidazole rings is 1. The number of hydrogen-bond donors (Lipinski definition) is 0. The van der Waals surface area contributed by atoms with Gasteiger partial charge in [-0.3, -0.25) is 4.98 Å². The van der Waals surface area contributed by atoms with Gasteiger partial charge < -0.3 is 14.0 Å². The Morgan fingerprint density at radius 3 is 2.12 bits per heavy atom. The number of aryl methyl sites for hydroxylation is 4. The third-order valence-electron chi connectivity index (χ3n) is 10.9. The number of rotatable bonds is 7. The van der Waals surface area contributed by atoms with Crippen molar-refractivity contribution in [2.24, 2.45) is 5.92 Å². The summed E-state index contributed by atoms with van der Waals surface area (Å²) in [5.41, 5.74) is 16.1. The Morgan fingerprint density at radius 2 is 1.42 bits per heavy atom. The summed E-state index contributed by atoms with van der Waals surface area (Å²) >= 11 is -1.86. The van der Waals surface area contributed by atoms with Crippen molar-refractivity contribution in [3.8, 4) is 39.5 Å². The van der Waals surface area contributed by atoms with E-state index in [0.717, 1.165) is 67.7 Å². The van der Waals surface area contributed by atoms with Gasteiger partial charge in [-0.2, -0.15) is 0 Å². The maximum absolute atomic E-state index is 6.15. The van der Waals surface area contributed by atoms with Crippen LogP contribution in [0.4, 0.5) is 0 Å². The molecule has 4 heterocycles. The van der Waals surface area contributed by atoms with Crippen LogP contribution < -0.4 is 4.40 Å². The first kappa shape index (κ1) is 42.0. The molecule has 4 aromatic heterocycles. The van der Waals surface area contributed by atoms with Gasteiger partial charge in [-0.25, -0.2) is 0 Å². The molecule has 5 aromatic carbocycles. The minimum Gasteiger partial charge on any atom is -0.482 e. The van der Waals surface area contributed by atoms with Gasteiger partial charge in [0.15, 0.2) is 0 Å². The number of pyridine rings is 2. The predicted molar refractivity (Wildman–Crippen MR) is 245 cm³/mol. The van der Waals surface area contributed by atoms with Gasteiger partial charge >= 0.3 is 126 Å². The fraction of sp³-hybridized carbons (Fsp3) is 0.212. The number of benzene rings is 5. The van der Waals surface area contributed by atoms with E-state index in [9.17, 15) is 0 Å². The van der Waals surface area contributed by atoms with Crippen molar-refractivity contribution in [1.29, 1.82) is 0 Å².